The van der Waals surface area contributed by atoms with Crippen molar-refractivity contribution in [2.75, 3.05) is 18.1 Å². The monoisotopic (exact) mass is 463 g/mol. The summed E-state index contributed by atoms with van der Waals surface area (Å²) in [5.41, 5.74) is 0.574. The van der Waals surface area contributed by atoms with Crippen molar-refractivity contribution in [2.45, 2.75) is 74.0 Å². The van der Waals surface area contributed by atoms with E-state index in [1.165, 1.54) is 22.5 Å². The highest BCUT2D eigenvalue weighted by Crippen LogP contribution is 2.38. The Morgan fingerprint density at radius 1 is 1.13 bits per heavy atom. The van der Waals surface area contributed by atoms with Crippen LogP contribution in [0.5, 0.6) is 0 Å². The molecule has 31 heavy (non-hydrogen) atoms. The smallest absolute Gasteiger partial charge is 0.243 e. The van der Waals surface area contributed by atoms with Crippen LogP contribution in [0.25, 0.3) is 0 Å². The molecule has 2 fully saturated rings. The minimum Gasteiger partial charge on any atom is -0.325 e. The average Bonchev–Trinajstić information content (AvgIpc) is 3.54. The molecule has 2 aliphatic rings. The number of sulfonamides is 1. The molecular weight excluding hydrogens is 434 g/mol. The standard InChI is InChI=1S/C21H29N5O3S2/c1-15-23-24-21(26(15)18-10-11-18)30-14-20(27)22-16-8-12-19(13-9-16)31(28,29)25(2)17-6-4-3-5-7-17/h8-9,12-13,17-18H,3-7,10-11,14H2,1-2H3,(H,22,27). The Bertz CT molecular complexity index is 1030. The third-order valence-corrected chi connectivity index (χ3v) is 8.85. The van der Waals surface area contributed by atoms with Crippen molar-refractivity contribution in [3.8, 4) is 0 Å². The van der Waals surface area contributed by atoms with Gasteiger partial charge in [0, 0.05) is 24.8 Å². The van der Waals surface area contributed by atoms with E-state index in [-0.39, 0.29) is 22.6 Å². The highest BCUT2D eigenvalue weighted by atomic mass is 32.2. The van der Waals surface area contributed by atoms with Crippen LogP contribution in [0, 0.1) is 6.92 Å². The maximum Gasteiger partial charge on any atom is 0.243 e. The lowest BCUT2D eigenvalue weighted by Crippen LogP contribution is -2.38. The number of amides is 1. The number of hydrogen-bond acceptors (Lipinski definition) is 6. The molecule has 10 heteroatoms. The number of rotatable bonds is 8. The van der Waals surface area contributed by atoms with Gasteiger partial charge in [-0.25, -0.2) is 8.42 Å². The van der Waals surface area contributed by atoms with Crippen LogP contribution in [0.15, 0.2) is 34.3 Å². The van der Waals surface area contributed by atoms with Crippen LogP contribution in [0.3, 0.4) is 0 Å². The van der Waals surface area contributed by atoms with Crippen LogP contribution in [0.4, 0.5) is 5.69 Å². The van der Waals surface area contributed by atoms with Crippen LogP contribution in [0.1, 0.15) is 56.8 Å². The van der Waals surface area contributed by atoms with Crippen LogP contribution in [0.2, 0.25) is 0 Å². The molecule has 0 radical (unpaired) electrons. The van der Waals surface area contributed by atoms with Gasteiger partial charge in [0.2, 0.25) is 15.9 Å². The second-order valence-electron chi connectivity index (χ2n) is 8.31. The Balaban J connectivity index is 1.34. The van der Waals surface area contributed by atoms with Crippen LogP contribution >= 0.6 is 11.8 Å². The van der Waals surface area contributed by atoms with E-state index in [9.17, 15) is 13.2 Å². The number of nitrogens with zero attached hydrogens (tertiary/aromatic N) is 4. The van der Waals surface area contributed by atoms with Crippen molar-refractivity contribution in [1.29, 1.82) is 0 Å². The summed E-state index contributed by atoms with van der Waals surface area (Å²) in [5.74, 6) is 0.929. The Morgan fingerprint density at radius 2 is 1.81 bits per heavy atom. The van der Waals surface area contributed by atoms with E-state index in [2.05, 4.69) is 20.1 Å². The molecule has 0 aliphatic heterocycles. The zero-order valence-electron chi connectivity index (χ0n) is 18.0. The van der Waals surface area contributed by atoms with Crippen LogP contribution in [-0.2, 0) is 14.8 Å². The molecule has 2 aromatic rings. The molecule has 2 aliphatic carbocycles. The van der Waals surface area contributed by atoms with Crippen molar-refractivity contribution in [3.05, 3.63) is 30.1 Å². The van der Waals surface area contributed by atoms with Gasteiger partial charge in [0.25, 0.3) is 0 Å². The summed E-state index contributed by atoms with van der Waals surface area (Å²) in [6, 6.07) is 6.93. The minimum atomic E-state index is -3.54. The van der Waals surface area contributed by atoms with Gasteiger partial charge < -0.3 is 9.88 Å². The lowest BCUT2D eigenvalue weighted by molar-refractivity contribution is -0.113. The predicted molar refractivity (Wildman–Crippen MR) is 121 cm³/mol. The van der Waals surface area contributed by atoms with Crippen molar-refractivity contribution >= 4 is 33.4 Å². The molecular formula is C21H29N5O3S2. The Labute approximate surface area is 187 Å². The first-order valence-corrected chi connectivity index (χ1v) is 13.2. The molecule has 0 saturated heterocycles. The highest BCUT2D eigenvalue weighted by molar-refractivity contribution is 7.99. The summed E-state index contributed by atoms with van der Waals surface area (Å²) >= 11 is 1.37. The van der Waals surface area contributed by atoms with E-state index in [1.54, 1.807) is 31.3 Å². The summed E-state index contributed by atoms with van der Waals surface area (Å²) in [5, 5.41) is 11.9. The van der Waals surface area contributed by atoms with E-state index in [4.69, 9.17) is 0 Å². The first kappa shape index (κ1) is 22.3. The molecule has 0 spiro atoms. The maximum absolute atomic E-state index is 12.9. The second kappa shape index (κ2) is 9.30. The van der Waals surface area contributed by atoms with Gasteiger partial charge in [0.15, 0.2) is 5.16 Å². The number of thioether (sulfide) groups is 1. The number of anilines is 1. The van der Waals surface area contributed by atoms with E-state index >= 15 is 0 Å². The molecule has 1 aromatic heterocycles. The summed E-state index contributed by atoms with van der Waals surface area (Å²) in [7, 11) is -1.87. The molecule has 1 aromatic carbocycles. The van der Waals surface area contributed by atoms with Gasteiger partial charge in [0.1, 0.15) is 5.82 Å². The lowest BCUT2D eigenvalue weighted by atomic mass is 9.96. The molecule has 1 amide bonds. The van der Waals surface area contributed by atoms with Gasteiger partial charge in [-0.05, 0) is 56.9 Å². The Morgan fingerprint density at radius 3 is 2.45 bits per heavy atom. The molecule has 0 atom stereocenters. The van der Waals surface area contributed by atoms with E-state index in [1.807, 2.05) is 6.92 Å². The van der Waals surface area contributed by atoms with Gasteiger partial charge in [-0.15, -0.1) is 10.2 Å². The van der Waals surface area contributed by atoms with Crippen molar-refractivity contribution in [1.82, 2.24) is 19.1 Å². The van der Waals surface area contributed by atoms with Gasteiger partial charge in [-0.2, -0.15) is 4.31 Å². The zero-order valence-corrected chi connectivity index (χ0v) is 19.6. The number of carbonyl (C=O) groups excluding carboxylic acids is 1. The van der Waals surface area contributed by atoms with Crippen molar-refractivity contribution in [2.24, 2.45) is 0 Å². The first-order valence-electron chi connectivity index (χ1n) is 10.8. The first-order chi connectivity index (χ1) is 14.9. The summed E-state index contributed by atoms with van der Waals surface area (Å²) < 4.78 is 29.5. The topological polar surface area (TPSA) is 97.2 Å². The molecule has 1 heterocycles. The van der Waals surface area contributed by atoms with Crippen molar-refractivity contribution in [3.63, 3.8) is 0 Å². The summed E-state index contributed by atoms with van der Waals surface area (Å²) in [6.07, 6.45) is 7.41. The fourth-order valence-corrected chi connectivity index (χ4v) is 6.31. The minimum absolute atomic E-state index is 0.0662. The summed E-state index contributed by atoms with van der Waals surface area (Å²) in [4.78, 5) is 12.6. The Kier molecular flexibility index (Phi) is 6.68. The fraction of sp³-hybridized carbons (Fsp3) is 0.571. The second-order valence-corrected chi connectivity index (χ2v) is 11.2. The lowest BCUT2D eigenvalue weighted by Gasteiger charge is -2.30. The number of hydrogen-bond donors (Lipinski definition) is 1. The largest absolute Gasteiger partial charge is 0.325 e. The number of carbonyl (C=O) groups is 1. The molecule has 8 nitrogen and oxygen atoms in total. The number of benzene rings is 1. The van der Waals surface area contributed by atoms with Gasteiger partial charge in [0.05, 0.1) is 10.6 Å². The number of aryl methyl sites for hydroxylation is 1. The van der Waals surface area contributed by atoms with Crippen LogP contribution < -0.4 is 5.32 Å². The summed E-state index contributed by atoms with van der Waals surface area (Å²) in [6.45, 7) is 1.93. The zero-order chi connectivity index (χ0) is 22.0. The SMILES string of the molecule is Cc1nnc(SCC(=O)Nc2ccc(S(=O)(=O)N(C)C3CCCCC3)cc2)n1C1CC1. The fourth-order valence-electron chi connectivity index (χ4n) is 4.05. The number of nitrogens with one attached hydrogen (secondary N) is 1. The van der Waals surface area contributed by atoms with Gasteiger partial charge in [-0.1, -0.05) is 31.0 Å². The van der Waals surface area contributed by atoms with E-state index in [0.29, 0.717) is 11.7 Å². The average molecular weight is 464 g/mol. The third kappa shape index (κ3) is 5.12. The maximum atomic E-state index is 12.9. The molecule has 168 valence electrons. The molecule has 4 rings (SSSR count). The van der Waals surface area contributed by atoms with Crippen molar-refractivity contribution < 1.29 is 13.2 Å². The predicted octanol–water partition coefficient (Wildman–Crippen LogP) is 3.61. The van der Waals surface area contributed by atoms with Gasteiger partial charge >= 0.3 is 0 Å². The molecule has 2 saturated carbocycles. The normalized spacial score (nSPS) is 17.8. The van der Waals surface area contributed by atoms with Gasteiger partial charge in [-0.3, -0.25) is 4.79 Å². The van der Waals surface area contributed by atoms with Crippen LogP contribution in [-0.4, -0.2) is 52.2 Å². The third-order valence-electron chi connectivity index (χ3n) is 5.98. The molecule has 1 N–H and O–H groups in total. The highest BCUT2D eigenvalue weighted by Gasteiger charge is 2.30. The Hall–Kier alpha value is -1.91. The quantitative estimate of drug-likeness (QED) is 0.601. The number of aromatic nitrogens is 3. The molecule has 0 unspecified atom stereocenters. The van der Waals surface area contributed by atoms with E-state index in [0.717, 1.165) is 49.5 Å². The van der Waals surface area contributed by atoms with E-state index < -0.39 is 10.0 Å². The molecule has 0 bridgehead atoms.